The number of para-hydroxylation sites is 1. The van der Waals surface area contributed by atoms with E-state index in [-0.39, 0.29) is 0 Å². The Bertz CT molecular complexity index is 875. The Morgan fingerprint density at radius 3 is 2.75 bits per heavy atom. The average molecular weight is 257 g/mol. The summed E-state index contributed by atoms with van der Waals surface area (Å²) in [5, 5.41) is 2.62. The van der Waals surface area contributed by atoms with Crippen LogP contribution in [0.2, 0.25) is 0 Å². The minimum Gasteiger partial charge on any atom is -0.354 e. The van der Waals surface area contributed by atoms with Gasteiger partial charge in [-0.25, -0.2) is 0 Å². The van der Waals surface area contributed by atoms with Crippen molar-refractivity contribution in [3.63, 3.8) is 0 Å². The highest BCUT2D eigenvalue weighted by atomic mass is 14.7. The summed E-state index contributed by atoms with van der Waals surface area (Å²) in [6.45, 7) is 0. The van der Waals surface area contributed by atoms with Crippen LogP contribution in [0.1, 0.15) is 12.0 Å². The molecule has 0 saturated carbocycles. The first-order chi connectivity index (χ1) is 9.93. The summed E-state index contributed by atoms with van der Waals surface area (Å²) in [5.74, 6) is 0. The van der Waals surface area contributed by atoms with Crippen molar-refractivity contribution in [2.75, 3.05) is 0 Å². The van der Waals surface area contributed by atoms with Crippen molar-refractivity contribution in [2.45, 2.75) is 6.42 Å². The molecule has 0 bridgehead atoms. The number of allylic oxidation sites excluding steroid dienone is 6. The SMILES string of the molecule is C1=CCC=C(c2cccc3[nH]c4ccccc4c23)C=C1. The zero-order valence-corrected chi connectivity index (χ0v) is 11.1. The van der Waals surface area contributed by atoms with Crippen LogP contribution in [0.3, 0.4) is 0 Å². The Hall–Kier alpha value is -2.54. The predicted octanol–water partition coefficient (Wildman–Crippen LogP) is 5.22. The number of aromatic amines is 1. The van der Waals surface area contributed by atoms with Gasteiger partial charge in [-0.2, -0.15) is 0 Å². The second kappa shape index (κ2) is 4.53. The molecule has 0 atom stereocenters. The lowest BCUT2D eigenvalue weighted by atomic mass is 9.98. The maximum absolute atomic E-state index is 3.51. The molecule has 1 aliphatic rings. The normalized spacial score (nSPS) is 14.7. The van der Waals surface area contributed by atoms with Crippen molar-refractivity contribution < 1.29 is 0 Å². The number of nitrogens with one attached hydrogen (secondary N) is 1. The first kappa shape index (κ1) is 11.3. The summed E-state index contributed by atoms with van der Waals surface area (Å²) < 4.78 is 0. The van der Waals surface area contributed by atoms with Gasteiger partial charge >= 0.3 is 0 Å². The van der Waals surface area contributed by atoms with Gasteiger partial charge in [0.1, 0.15) is 0 Å². The lowest BCUT2D eigenvalue weighted by molar-refractivity contribution is 1.41. The van der Waals surface area contributed by atoms with E-state index < -0.39 is 0 Å². The van der Waals surface area contributed by atoms with Gasteiger partial charge in [0.15, 0.2) is 0 Å². The topological polar surface area (TPSA) is 15.8 Å². The van der Waals surface area contributed by atoms with Gasteiger partial charge in [-0.05, 0) is 29.7 Å². The summed E-state index contributed by atoms with van der Waals surface area (Å²) in [6.07, 6.45) is 11.9. The fourth-order valence-corrected chi connectivity index (χ4v) is 2.92. The molecule has 0 radical (unpaired) electrons. The van der Waals surface area contributed by atoms with E-state index in [0.717, 1.165) is 6.42 Å². The number of hydrogen-bond donors (Lipinski definition) is 1. The van der Waals surface area contributed by atoms with Gasteiger partial charge in [-0.3, -0.25) is 0 Å². The minimum atomic E-state index is 0.987. The summed E-state index contributed by atoms with van der Waals surface area (Å²) in [4.78, 5) is 3.51. The van der Waals surface area contributed by atoms with Crippen molar-refractivity contribution >= 4 is 27.4 Å². The Kier molecular flexibility index (Phi) is 2.56. The van der Waals surface area contributed by atoms with Gasteiger partial charge in [0, 0.05) is 21.8 Å². The van der Waals surface area contributed by atoms with Crippen molar-refractivity contribution in [2.24, 2.45) is 0 Å². The quantitative estimate of drug-likeness (QED) is 0.615. The third-order valence-electron chi connectivity index (χ3n) is 3.84. The lowest BCUT2D eigenvalue weighted by Crippen LogP contribution is -1.82. The number of aromatic nitrogens is 1. The smallest absolute Gasteiger partial charge is 0.0471 e. The number of hydrogen-bond acceptors (Lipinski definition) is 0. The summed E-state index contributed by atoms with van der Waals surface area (Å²) in [5.41, 5.74) is 5.01. The summed E-state index contributed by atoms with van der Waals surface area (Å²) in [7, 11) is 0. The summed E-state index contributed by atoms with van der Waals surface area (Å²) >= 11 is 0. The van der Waals surface area contributed by atoms with E-state index in [1.165, 1.54) is 32.9 Å². The van der Waals surface area contributed by atoms with E-state index in [1.54, 1.807) is 0 Å². The van der Waals surface area contributed by atoms with Crippen LogP contribution in [0, 0.1) is 0 Å². The number of rotatable bonds is 1. The number of fused-ring (bicyclic) bond motifs is 3. The van der Waals surface area contributed by atoms with Gasteiger partial charge in [0.2, 0.25) is 0 Å². The minimum absolute atomic E-state index is 0.987. The second-order valence-corrected chi connectivity index (χ2v) is 5.08. The number of benzene rings is 2. The molecule has 0 spiro atoms. The molecule has 0 unspecified atom stereocenters. The van der Waals surface area contributed by atoms with Crippen molar-refractivity contribution in [1.82, 2.24) is 4.98 Å². The van der Waals surface area contributed by atoms with E-state index in [2.05, 4.69) is 77.8 Å². The Morgan fingerprint density at radius 2 is 1.75 bits per heavy atom. The van der Waals surface area contributed by atoms with Crippen LogP contribution in [0.15, 0.2) is 72.8 Å². The van der Waals surface area contributed by atoms with Crippen LogP contribution in [-0.2, 0) is 0 Å². The molecule has 1 heterocycles. The largest absolute Gasteiger partial charge is 0.354 e. The van der Waals surface area contributed by atoms with E-state index in [0.29, 0.717) is 0 Å². The van der Waals surface area contributed by atoms with Crippen LogP contribution in [0.5, 0.6) is 0 Å². The van der Waals surface area contributed by atoms with Gasteiger partial charge in [0.05, 0.1) is 0 Å². The van der Waals surface area contributed by atoms with E-state index in [9.17, 15) is 0 Å². The Balaban J connectivity index is 2.06. The third kappa shape index (κ3) is 1.71. The molecule has 0 amide bonds. The molecule has 0 saturated heterocycles. The highest BCUT2D eigenvalue weighted by molar-refractivity contribution is 6.12. The zero-order chi connectivity index (χ0) is 13.4. The maximum atomic E-state index is 3.51. The Labute approximate surface area is 117 Å². The standard InChI is InChI=1S/C19H15N/c1-2-4-9-14(8-3-1)15-11-7-13-18-19(15)16-10-5-6-12-17(16)20-18/h1-3,5-13,20H,4H2. The fraction of sp³-hybridized carbons (Fsp3) is 0.0526. The molecule has 1 N–H and O–H groups in total. The van der Waals surface area contributed by atoms with Gasteiger partial charge in [-0.15, -0.1) is 0 Å². The monoisotopic (exact) mass is 257 g/mol. The molecule has 1 aromatic heterocycles. The van der Waals surface area contributed by atoms with Crippen LogP contribution in [-0.4, -0.2) is 4.98 Å². The van der Waals surface area contributed by atoms with Gasteiger partial charge < -0.3 is 4.98 Å². The predicted molar refractivity (Wildman–Crippen MR) is 86.7 cm³/mol. The van der Waals surface area contributed by atoms with E-state index >= 15 is 0 Å². The van der Waals surface area contributed by atoms with Crippen molar-refractivity contribution in [3.8, 4) is 0 Å². The molecule has 1 heteroatoms. The van der Waals surface area contributed by atoms with Crippen LogP contribution >= 0.6 is 0 Å². The fourth-order valence-electron chi connectivity index (χ4n) is 2.92. The molecule has 3 aromatic rings. The molecule has 4 rings (SSSR count). The third-order valence-corrected chi connectivity index (χ3v) is 3.84. The maximum Gasteiger partial charge on any atom is 0.0471 e. The van der Waals surface area contributed by atoms with Crippen LogP contribution < -0.4 is 0 Å². The molecular formula is C19H15N. The van der Waals surface area contributed by atoms with Gasteiger partial charge in [0.25, 0.3) is 0 Å². The average Bonchev–Trinajstić information content (AvgIpc) is 2.68. The molecular weight excluding hydrogens is 242 g/mol. The van der Waals surface area contributed by atoms with E-state index in [4.69, 9.17) is 0 Å². The first-order valence-corrected chi connectivity index (χ1v) is 6.97. The molecule has 1 nitrogen and oxygen atoms in total. The van der Waals surface area contributed by atoms with Gasteiger partial charge in [-0.1, -0.05) is 60.7 Å². The molecule has 1 aliphatic carbocycles. The lowest BCUT2D eigenvalue weighted by Gasteiger charge is -2.05. The first-order valence-electron chi connectivity index (χ1n) is 6.97. The summed E-state index contributed by atoms with van der Waals surface area (Å²) in [6, 6.07) is 15.0. The van der Waals surface area contributed by atoms with Crippen molar-refractivity contribution in [3.05, 3.63) is 78.4 Å². The molecule has 2 aromatic carbocycles. The van der Waals surface area contributed by atoms with Crippen LogP contribution in [0.25, 0.3) is 27.4 Å². The highest BCUT2D eigenvalue weighted by Crippen LogP contribution is 2.33. The zero-order valence-electron chi connectivity index (χ0n) is 11.1. The Morgan fingerprint density at radius 1 is 0.850 bits per heavy atom. The molecule has 0 aliphatic heterocycles. The second-order valence-electron chi connectivity index (χ2n) is 5.08. The van der Waals surface area contributed by atoms with Crippen molar-refractivity contribution in [1.29, 1.82) is 0 Å². The molecule has 20 heavy (non-hydrogen) atoms. The van der Waals surface area contributed by atoms with E-state index in [1.807, 2.05) is 0 Å². The molecule has 0 fully saturated rings. The molecule has 96 valence electrons. The van der Waals surface area contributed by atoms with Crippen LogP contribution in [0.4, 0.5) is 0 Å². The highest BCUT2D eigenvalue weighted by Gasteiger charge is 2.10. The number of H-pyrrole nitrogens is 1.